The number of benzene rings is 2. The van der Waals surface area contributed by atoms with Gasteiger partial charge in [0.25, 0.3) is 5.91 Å². The number of fused-ring (bicyclic) bond motifs is 1. The van der Waals surface area contributed by atoms with E-state index in [1.165, 1.54) is 29.3 Å². The molecule has 0 unspecified atom stereocenters. The van der Waals surface area contributed by atoms with Gasteiger partial charge in [-0.2, -0.15) is 0 Å². The molecule has 0 saturated heterocycles. The summed E-state index contributed by atoms with van der Waals surface area (Å²) in [6.07, 6.45) is 0. The third-order valence-corrected chi connectivity index (χ3v) is 3.44. The molecule has 1 aliphatic rings. The number of nitrogens with one attached hydrogen (secondary N) is 2. The summed E-state index contributed by atoms with van der Waals surface area (Å²) in [6.45, 7) is 2.23. The highest BCUT2D eigenvalue weighted by Crippen LogP contribution is 2.17. The first-order valence-electron chi connectivity index (χ1n) is 6.57. The van der Waals surface area contributed by atoms with Gasteiger partial charge in [-0.25, -0.2) is 4.39 Å². The molecule has 0 aromatic heterocycles. The summed E-state index contributed by atoms with van der Waals surface area (Å²) in [5.74, 6) is -0.663. The van der Waals surface area contributed by atoms with E-state index in [0.29, 0.717) is 12.1 Å². The van der Waals surface area contributed by atoms with Crippen LogP contribution in [0.5, 0.6) is 0 Å². The molecular weight excluding hydrogens is 255 g/mol. The van der Waals surface area contributed by atoms with E-state index in [1.54, 1.807) is 6.07 Å². The molecule has 1 heterocycles. The SMILES string of the molecule is O=C(NCc1ccc2c(c1)CNC2)c1cccc(F)c1. The molecular formula is C16H15FN2O. The maximum atomic E-state index is 13.1. The zero-order chi connectivity index (χ0) is 13.9. The summed E-state index contributed by atoms with van der Waals surface area (Å²) in [4.78, 5) is 11.9. The van der Waals surface area contributed by atoms with Gasteiger partial charge in [-0.3, -0.25) is 4.79 Å². The number of halogens is 1. The topological polar surface area (TPSA) is 41.1 Å². The molecule has 0 saturated carbocycles. The molecule has 0 fully saturated rings. The molecule has 102 valence electrons. The molecule has 0 bridgehead atoms. The molecule has 3 nitrogen and oxygen atoms in total. The summed E-state index contributed by atoms with van der Waals surface area (Å²) in [5.41, 5.74) is 3.98. The second kappa shape index (κ2) is 5.43. The summed E-state index contributed by atoms with van der Waals surface area (Å²) in [5, 5.41) is 6.09. The molecule has 1 amide bonds. The lowest BCUT2D eigenvalue weighted by molar-refractivity contribution is 0.0950. The Morgan fingerprint density at radius 3 is 2.85 bits per heavy atom. The minimum Gasteiger partial charge on any atom is -0.348 e. The number of amides is 1. The van der Waals surface area contributed by atoms with Gasteiger partial charge in [0.2, 0.25) is 0 Å². The van der Waals surface area contributed by atoms with E-state index in [0.717, 1.165) is 18.7 Å². The second-order valence-electron chi connectivity index (χ2n) is 4.90. The average Bonchev–Trinajstić information content (AvgIpc) is 2.92. The van der Waals surface area contributed by atoms with Crippen LogP contribution in [-0.4, -0.2) is 5.91 Å². The summed E-state index contributed by atoms with van der Waals surface area (Å²) < 4.78 is 13.1. The Morgan fingerprint density at radius 2 is 2.00 bits per heavy atom. The molecule has 2 N–H and O–H groups in total. The third kappa shape index (κ3) is 2.70. The van der Waals surface area contributed by atoms with Gasteiger partial charge in [0.15, 0.2) is 0 Å². The highest BCUT2D eigenvalue weighted by atomic mass is 19.1. The first kappa shape index (κ1) is 12.8. The fourth-order valence-corrected chi connectivity index (χ4v) is 2.37. The Kier molecular flexibility index (Phi) is 3.48. The fourth-order valence-electron chi connectivity index (χ4n) is 2.37. The zero-order valence-electron chi connectivity index (χ0n) is 10.9. The molecule has 3 rings (SSSR count). The van der Waals surface area contributed by atoms with Crippen LogP contribution >= 0.6 is 0 Å². The van der Waals surface area contributed by atoms with Crippen LogP contribution in [0.15, 0.2) is 42.5 Å². The van der Waals surface area contributed by atoms with E-state index in [2.05, 4.69) is 22.8 Å². The summed E-state index contributed by atoms with van der Waals surface area (Å²) in [7, 11) is 0. The van der Waals surface area contributed by atoms with Crippen LogP contribution in [-0.2, 0) is 19.6 Å². The fraction of sp³-hybridized carbons (Fsp3) is 0.188. The van der Waals surface area contributed by atoms with Crippen LogP contribution in [0, 0.1) is 5.82 Å². The minimum absolute atomic E-state index is 0.261. The molecule has 2 aromatic rings. The van der Waals surface area contributed by atoms with Gasteiger partial charge >= 0.3 is 0 Å². The number of hydrogen-bond donors (Lipinski definition) is 2. The molecule has 0 atom stereocenters. The van der Waals surface area contributed by atoms with Crippen molar-refractivity contribution in [1.82, 2.24) is 10.6 Å². The third-order valence-electron chi connectivity index (χ3n) is 3.44. The maximum absolute atomic E-state index is 13.1. The monoisotopic (exact) mass is 270 g/mol. The molecule has 0 aliphatic carbocycles. The van der Waals surface area contributed by atoms with Gasteiger partial charge in [0.05, 0.1) is 0 Å². The van der Waals surface area contributed by atoms with Crippen molar-refractivity contribution in [3.63, 3.8) is 0 Å². The van der Waals surface area contributed by atoms with Crippen molar-refractivity contribution < 1.29 is 9.18 Å². The first-order valence-corrected chi connectivity index (χ1v) is 6.57. The molecule has 4 heteroatoms. The Hall–Kier alpha value is -2.20. The smallest absolute Gasteiger partial charge is 0.251 e. The van der Waals surface area contributed by atoms with E-state index in [9.17, 15) is 9.18 Å². The molecule has 0 spiro atoms. The van der Waals surface area contributed by atoms with Gasteiger partial charge in [-0.15, -0.1) is 0 Å². The number of carbonyl (C=O) groups excluding carboxylic acids is 1. The Labute approximate surface area is 116 Å². The number of hydrogen-bond acceptors (Lipinski definition) is 2. The molecule has 2 aromatic carbocycles. The first-order chi connectivity index (χ1) is 9.72. The van der Waals surface area contributed by atoms with Crippen LogP contribution < -0.4 is 10.6 Å². The van der Waals surface area contributed by atoms with Crippen molar-refractivity contribution in [2.75, 3.05) is 0 Å². The molecule has 0 radical (unpaired) electrons. The van der Waals surface area contributed by atoms with Crippen LogP contribution in [0.25, 0.3) is 0 Å². The average molecular weight is 270 g/mol. The largest absolute Gasteiger partial charge is 0.348 e. The Morgan fingerprint density at radius 1 is 1.15 bits per heavy atom. The lowest BCUT2D eigenvalue weighted by Crippen LogP contribution is -2.22. The van der Waals surface area contributed by atoms with Crippen molar-refractivity contribution in [1.29, 1.82) is 0 Å². The normalized spacial score (nSPS) is 13.1. The van der Waals surface area contributed by atoms with E-state index in [1.807, 2.05) is 6.07 Å². The quantitative estimate of drug-likeness (QED) is 0.899. The van der Waals surface area contributed by atoms with Crippen molar-refractivity contribution in [2.24, 2.45) is 0 Å². The van der Waals surface area contributed by atoms with Gasteiger partial charge in [-0.1, -0.05) is 24.3 Å². The van der Waals surface area contributed by atoms with Crippen molar-refractivity contribution in [3.05, 3.63) is 70.5 Å². The molecule has 1 aliphatic heterocycles. The second-order valence-corrected chi connectivity index (χ2v) is 4.90. The standard InChI is InChI=1S/C16H15FN2O/c17-15-3-1-2-12(7-15)16(20)19-8-11-4-5-13-9-18-10-14(13)6-11/h1-7,18H,8-10H2,(H,19,20). The highest BCUT2D eigenvalue weighted by molar-refractivity contribution is 5.94. The number of carbonyl (C=O) groups is 1. The van der Waals surface area contributed by atoms with Gasteiger partial charge < -0.3 is 10.6 Å². The lowest BCUT2D eigenvalue weighted by atomic mass is 10.1. The van der Waals surface area contributed by atoms with E-state index in [-0.39, 0.29) is 5.91 Å². The van der Waals surface area contributed by atoms with Crippen LogP contribution in [0.3, 0.4) is 0 Å². The van der Waals surface area contributed by atoms with Gasteiger partial charge in [-0.05, 0) is 34.9 Å². The summed E-state index contributed by atoms with van der Waals surface area (Å²) in [6, 6.07) is 11.9. The lowest BCUT2D eigenvalue weighted by Gasteiger charge is -2.07. The van der Waals surface area contributed by atoms with Gasteiger partial charge in [0, 0.05) is 25.2 Å². The zero-order valence-corrected chi connectivity index (χ0v) is 10.9. The predicted octanol–water partition coefficient (Wildman–Crippen LogP) is 2.36. The van der Waals surface area contributed by atoms with Crippen molar-refractivity contribution in [2.45, 2.75) is 19.6 Å². The van der Waals surface area contributed by atoms with Crippen molar-refractivity contribution in [3.8, 4) is 0 Å². The van der Waals surface area contributed by atoms with E-state index in [4.69, 9.17) is 0 Å². The minimum atomic E-state index is -0.402. The van der Waals surface area contributed by atoms with E-state index >= 15 is 0 Å². The maximum Gasteiger partial charge on any atom is 0.251 e. The molecule has 20 heavy (non-hydrogen) atoms. The predicted molar refractivity (Wildman–Crippen MR) is 74.6 cm³/mol. The van der Waals surface area contributed by atoms with Crippen LogP contribution in [0.2, 0.25) is 0 Å². The van der Waals surface area contributed by atoms with Crippen molar-refractivity contribution >= 4 is 5.91 Å². The van der Waals surface area contributed by atoms with Crippen LogP contribution in [0.1, 0.15) is 27.0 Å². The number of rotatable bonds is 3. The Balaban J connectivity index is 1.66. The Bertz CT molecular complexity index is 655. The van der Waals surface area contributed by atoms with Crippen LogP contribution in [0.4, 0.5) is 4.39 Å². The van der Waals surface area contributed by atoms with Gasteiger partial charge in [0.1, 0.15) is 5.82 Å². The summed E-state index contributed by atoms with van der Waals surface area (Å²) >= 11 is 0. The van der Waals surface area contributed by atoms with E-state index < -0.39 is 5.82 Å². The highest BCUT2D eigenvalue weighted by Gasteiger charge is 2.11.